The number of ketones is 1. The molecule has 2 rings (SSSR count). The van der Waals surface area contributed by atoms with Crippen molar-refractivity contribution in [2.45, 2.75) is 12.8 Å². The maximum absolute atomic E-state index is 11.1. The summed E-state index contributed by atoms with van der Waals surface area (Å²) in [7, 11) is 0. The van der Waals surface area contributed by atoms with E-state index < -0.39 is 5.97 Å². The van der Waals surface area contributed by atoms with Crippen molar-refractivity contribution in [2.75, 3.05) is 0 Å². The number of rotatable bonds is 4. The van der Waals surface area contributed by atoms with E-state index in [1.807, 2.05) is 30.7 Å². The molecule has 0 unspecified atom stereocenters. The molecule has 0 aliphatic heterocycles. The van der Waals surface area contributed by atoms with Crippen molar-refractivity contribution in [2.24, 2.45) is 0 Å². The molecule has 0 saturated heterocycles. The van der Waals surface area contributed by atoms with Crippen LogP contribution in [0.5, 0.6) is 0 Å². The summed E-state index contributed by atoms with van der Waals surface area (Å²) in [6.45, 7) is 0. The molecular weight excluding hydrogens is 272 g/mol. The monoisotopic (exact) mass is 286 g/mol. The minimum atomic E-state index is -0.935. The predicted octanol–water partition coefficient (Wildman–Crippen LogP) is 2.43. The van der Waals surface area contributed by atoms with Gasteiger partial charge < -0.3 is 5.11 Å². The summed E-state index contributed by atoms with van der Waals surface area (Å²) >= 11 is 0. The van der Waals surface area contributed by atoms with Gasteiger partial charge in [-0.25, -0.2) is 0 Å². The molecule has 2 aliphatic rings. The van der Waals surface area contributed by atoms with Crippen LogP contribution < -0.4 is 0 Å². The average molecular weight is 286 g/mol. The summed E-state index contributed by atoms with van der Waals surface area (Å²) in [6, 6.07) is 0. The van der Waals surface area contributed by atoms with Crippen LogP contribution in [-0.2, 0) is 26.7 Å². The van der Waals surface area contributed by atoms with E-state index >= 15 is 0 Å². The first kappa shape index (κ1) is 16.6. The fraction of sp³-hybridized carbons (Fsp3) is 0.143. The fourth-order valence-electron chi connectivity index (χ4n) is 1.25. The molecule has 0 aromatic rings. The molecule has 18 heavy (non-hydrogen) atoms. The second-order valence-electron chi connectivity index (χ2n) is 3.45. The van der Waals surface area contributed by atoms with E-state index in [1.165, 1.54) is 0 Å². The zero-order valence-electron chi connectivity index (χ0n) is 9.73. The molecule has 0 fully saturated rings. The number of carbonyl (C=O) groups is 2. The zero-order chi connectivity index (χ0) is 12.5. The number of hydrogen-bond donors (Lipinski definition) is 1. The molecule has 96 valence electrons. The maximum atomic E-state index is 11.1. The van der Waals surface area contributed by atoms with E-state index in [4.69, 9.17) is 5.11 Å². The Labute approximate surface area is 117 Å². The molecule has 0 aromatic carbocycles. The Hall–Kier alpha value is -1.38. The van der Waals surface area contributed by atoms with Crippen LogP contribution in [0.1, 0.15) is 12.8 Å². The number of hydrogen-bond acceptors (Lipinski definition) is 2. The van der Waals surface area contributed by atoms with Gasteiger partial charge in [-0.05, 0) is 0 Å². The summed E-state index contributed by atoms with van der Waals surface area (Å²) in [4.78, 5) is 21.3. The van der Waals surface area contributed by atoms with Crippen molar-refractivity contribution in [3.05, 3.63) is 60.9 Å². The normalized spacial score (nSPS) is 14.6. The predicted molar refractivity (Wildman–Crippen MR) is 66.0 cm³/mol. The Balaban J connectivity index is 0.000000405. The number of carbonyl (C=O) groups excluding carboxylic acids is 1. The third-order valence-electron chi connectivity index (χ3n) is 2.11. The SMILES string of the molecule is O=C(O)CCC(=O)C1=CC=C[CH]1.[CH]1C=CC=C1.[Fe]. The van der Waals surface area contributed by atoms with Crippen LogP contribution >= 0.6 is 0 Å². The molecule has 0 heterocycles. The third-order valence-corrected chi connectivity index (χ3v) is 2.11. The summed E-state index contributed by atoms with van der Waals surface area (Å²) in [5, 5.41) is 8.31. The topological polar surface area (TPSA) is 54.4 Å². The van der Waals surface area contributed by atoms with Crippen LogP contribution in [0.2, 0.25) is 0 Å². The Bertz CT molecular complexity index is 393. The molecule has 2 radical (unpaired) electrons. The molecule has 0 aromatic heterocycles. The van der Waals surface area contributed by atoms with Crippen molar-refractivity contribution >= 4 is 11.8 Å². The van der Waals surface area contributed by atoms with E-state index in [-0.39, 0.29) is 35.7 Å². The van der Waals surface area contributed by atoms with Crippen LogP contribution in [0.3, 0.4) is 0 Å². The molecule has 0 amide bonds. The van der Waals surface area contributed by atoms with Crippen molar-refractivity contribution in [3.8, 4) is 0 Å². The third kappa shape index (κ3) is 7.04. The number of carboxylic acids is 1. The van der Waals surface area contributed by atoms with Gasteiger partial charge in [0.25, 0.3) is 0 Å². The second-order valence-corrected chi connectivity index (χ2v) is 3.45. The largest absolute Gasteiger partial charge is 0.481 e. The molecule has 0 bridgehead atoms. The van der Waals surface area contributed by atoms with Gasteiger partial charge in [-0.2, -0.15) is 0 Å². The van der Waals surface area contributed by atoms with E-state index in [9.17, 15) is 9.59 Å². The van der Waals surface area contributed by atoms with Gasteiger partial charge in [-0.1, -0.05) is 42.5 Å². The standard InChI is InChI=1S/C9H9O3.C5H5.Fe/c10-8(5-6-9(11)12)7-3-1-2-4-7;1-2-4-5-3-1;/h1-4H,5-6H2,(H,11,12);1-5H;. The number of allylic oxidation sites excluding steroid dienone is 8. The minimum Gasteiger partial charge on any atom is -0.481 e. The number of Topliss-reactive ketones (excluding diaryl/α,β-unsaturated/α-hetero) is 1. The molecular formula is C14H14FeO3. The van der Waals surface area contributed by atoms with Crippen molar-refractivity contribution < 1.29 is 31.8 Å². The first-order chi connectivity index (χ1) is 8.20. The van der Waals surface area contributed by atoms with Crippen LogP contribution in [0.4, 0.5) is 0 Å². The summed E-state index contributed by atoms with van der Waals surface area (Å²) in [5.41, 5.74) is 0.594. The van der Waals surface area contributed by atoms with Crippen LogP contribution in [0.25, 0.3) is 0 Å². The maximum Gasteiger partial charge on any atom is 0.303 e. The van der Waals surface area contributed by atoms with Gasteiger partial charge in [0.2, 0.25) is 0 Å². The van der Waals surface area contributed by atoms with Crippen LogP contribution in [0.15, 0.2) is 48.1 Å². The molecule has 1 N–H and O–H groups in total. The van der Waals surface area contributed by atoms with Crippen molar-refractivity contribution in [3.63, 3.8) is 0 Å². The van der Waals surface area contributed by atoms with Gasteiger partial charge in [-0.3, -0.25) is 9.59 Å². The summed E-state index contributed by atoms with van der Waals surface area (Å²) in [5.74, 6) is -1.04. The second kappa shape index (κ2) is 9.63. The Morgan fingerprint density at radius 3 is 2.00 bits per heavy atom. The first-order valence-electron chi connectivity index (χ1n) is 5.33. The summed E-state index contributed by atoms with van der Waals surface area (Å²) in [6.07, 6.45) is 16.9. The molecule has 0 saturated carbocycles. The van der Waals surface area contributed by atoms with Crippen molar-refractivity contribution in [1.82, 2.24) is 0 Å². The van der Waals surface area contributed by atoms with Crippen LogP contribution in [-0.4, -0.2) is 16.9 Å². The smallest absolute Gasteiger partial charge is 0.303 e. The van der Waals surface area contributed by atoms with Gasteiger partial charge >= 0.3 is 5.97 Å². The molecule has 0 atom stereocenters. The molecule has 4 heteroatoms. The Kier molecular flexibility index (Phi) is 8.89. The Morgan fingerprint density at radius 2 is 1.61 bits per heavy atom. The van der Waals surface area contributed by atoms with Crippen molar-refractivity contribution in [1.29, 1.82) is 0 Å². The van der Waals surface area contributed by atoms with E-state index in [1.54, 1.807) is 24.6 Å². The van der Waals surface area contributed by atoms with E-state index in [2.05, 4.69) is 0 Å². The van der Waals surface area contributed by atoms with Gasteiger partial charge in [-0.15, -0.1) is 0 Å². The van der Waals surface area contributed by atoms with Gasteiger partial charge in [0.15, 0.2) is 5.78 Å². The van der Waals surface area contributed by atoms with Gasteiger partial charge in [0.05, 0.1) is 6.42 Å². The zero-order valence-corrected chi connectivity index (χ0v) is 10.8. The first-order valence-corrected chi connectivity index (χ1v) is 5.33. The molecule has 0 spiro atoms. The molecule has 2 aliphatic carbocycles. The van der Waals surface area contributed by atoms with E-state index in [0.29, 0.717) is 5.57 Å². The molecule has 3 nitrogen and oxygen atoms in total. The average Bonchev–Trinajstić information content (AvgIpc) is 2.99. The minimum absolute atomic E-state index is 0. The quantitative estimate of drug-likeness (QED) is 0.807. The van der Waals surface area contributed by atoms with E-state index in [0.717, 1.165) is 0 Å². The van der Waals surface area contributed by atoms with Crippen LogP contribution in [0, 0.1) is 12.8 Å². The number of carboxylic acid groups (broad SMARTS) is 1. The van der Waals surface area contributed by atoms with Gasteiger partial charge in [0.1, 0.15) is 0 Å². The fourth-order valence-corrected chi connectivity index (χ4v) is 1.25. The Morgan fingerprint density at radius 1 is 0.944 bits per heavy atom. The summed E-state index contributed by atoms with van der Waals surface area (Å²) < 4.78 is 0. The van der Waals surface area contributed by atoms with Gasteiger partial charge in [0, 0.05) is 41.9 Å². The number of aliphatic carboxylic acids is 1.